The lowest BCUT2D eigenvalue weighted by atomic mass is 10.4. The number of anilines is 1. The van der Waals surface area contributed by atoms with Crippen LogP contribution in [0.3, 0.4) is 0 Å². The highest BCUT2D eigenvalue weighted by Gasteiger charge is 2.15. The number of H-pyrrole nitrogens is 1. The molecule has 2 aromatic heterocycles. The van der Waals surface area contributed by atoms with Gasteiger partial charge in [0.05, 0.1) is 9.21 Å². The first kappa shape index (κ1) is 12.0. The number of hydrogen-bond donors (Lipinski definition) is 2. The summed E-state index contributed by atoms with van der Waals surface area (Å²) in [6.07, 6.45) is 1.12. The van der Waals surface area contributed by atoms with Gasteiger partial charge in [0.25, 0.3) is 0 Å². The molecule has 0 radical (unpaired) electrons. The van der Waals surface area contributed by atoms with E-state index in [0.29, 0.717) is 0 Å². The van der Waals surface area contributed by atoms with Crippen molar-refractivity contribution in [2.75, 3.05) is 31.1 Å². The van der Waals surface area contributed by atoms with Gasteiger partial charge in [-0.15, -0.1) is 16.4 Å². The van der Waals surface area contributed by atoms with Gasteiger partial charge in [-0.2, -0.15) is 4.98 Å². The van der Waals surface area contributed by atoms with Gasteiger partial charge in [-0.1, -0.05) is 11.6 Å². The predicted octanol–water partition coefficient (Wildman–Crippen LogP) is 1.99. The van der Waals surface area contributed by atoms with Gasteiger partial charge in [0, 0.05) is 19.6 Å². The molecule has 5 nitrogen and oxygen atoms in total. The van der Waals surface area contributed by atoms with Gasteiger partial charge in [0.2, 0.25) is 5.95 Å². The lowest BCUT2D eigenvalue weighted by Crippen LogP contribution is -2.28. The molecule has 18 heavy (non-hydrogen) atoms. The lowest BCUT2D eigenvalue weighted by Gasteiger charge is -2.16. The minimum Gasteiger partial charge on any atom is -0.338 e. The molecule has 0 aromatic carbocycles. The Labute approximate surface area is 114 Å². The molecule has 0 aliphatic carbocycles. The van der Waals surface area contributed by atoms with Gasteiger partial charge in [-0.3, -0.25) is 5.10 Å². The van der Waals surface area contributed by atoms with Crippen LogP contribution < -0.4 is 10.2 Å². The first-order valence-electron chi connectivity index (χ1n) is 5.97. The second kappa shape index (κ2) is 5.26. The van der Waals surface area contributed by atoms with Crippen LogP contribution >= 0.6 is 22.9 Å². The van der Waals surface area contributed by atoms with Crippen LogP contribution in [-0.2, 0) is 0 Å². The average Bonchev–Trinajstić information content (AvgIpc) is 2.92. The predicted molar refractivity (Wildman–Crippen MR) is 74.4 cm³/mol. The summed E-state index contributed by atoms with van der Waals surface area (Å²) in [5, 5.41) is 10.6. The van der Waals surface area contributed by atoms with Gasteiger partial charge in [0.1, 0.15) is 0 Å². The van der Waals surface area contributed by atoms with E-state index in [1.165, 1.54) is 11.3 Å². The van der Waals surface area contributed by atoms with E-state index in [0.717, 1.165) is 53.6 Å². The van der Waals surface area contributed by atoms with Gasteiger partial charge in [-0.05, 0) is 25.1 Å². The first-order valence-corrected chi connectivity index (χ1v) is 7.16. The number of nitrogens with zero attached hydrogens (tertiary/aromatic N) is 3. The molecule has 2 aromatic rings. The van der Waals surface area contributed by atoms with Crippen LogP contribution in [-0.4, -0.2) is 41.4 Å². The molecule has 0 spiro atoms. The molecule has 0 atom stereocenters. The van der Waals surface area contributed by atoms with Gasteiger partial charge < -0.3 is 10.2 Å². The Morgan fingerprint density at radius 1 is 1.28 bits per heavy atom. The monoisotopic (exact) mass is 283 g/mol. The zero-order valence-corrected chi connectivity index (χ0v) is 11.4. The quantitative estimate of drug-likeness (QED) is 0.885. The molecule has 1 aliphatic rings. The number of halogens is 1. The molecule has 0 saturated carbocycles. The molecule has 0 amide bonds. The molecule has 96 valence electrons. The molecule has 1 fully saturated rings. The molecular weight excluding hydrogens is 270 g/mol. The molecule has 1 aliphatic heterocycles. The fourth-order valence-electron chi connectivity index (χ4n) is 1.99. The van der Waals surface area contributed by atoms with E-state index < -0.39 is 0 Å². The van der Waals surface area contributed by atoms with Crippen molar-refractivity contribution in [1.82, 2.24) is 20.5 Å². The maximum absolute atomic E-state index is 5.93. The number of nitrogens with one attached hydrogen (secondary N) is 2. The van der Waals surface area contributed by atoms with E-state index in [1.807, 2.05) is 12.1 Å². The lowest BCUT2D eigenvalue weighted by molar-refractivity contribution is 0.724. The van der Waals surface area contributed by atoms with Crippen molar-refractivity contribution in [2.24, 2.45) is 0 Å². The number of aromatic nitrogens is 3. The highest BCUT2D eigenvalue weighted by atomic mass is 35.5. The maximum Gasteiger partial charge on any atom is 0.245 e. The minimum absolute atomic E-state index is 0.766. The Morgan fingerprint density at radius 2 is 2.22 bits per heavy atom. The summed E-state index contributed by atoms with van der Waals surface area (Å²) in [5.74, 6) is 1.57. The molecule has 0 unspecified atom stereocenters. The number of thiophene rings is 1. The zero-order chi connectivity index (χ0) is 12.4. The second-order valence-electron chi connectivity index (χ2n) is 4.18. The Morgan fingerprint density at radius 3 is 3.06 bits per heavy atom. The molecule has 3 rings (SSSR count). The molecule has 7 heteroatoms. The summed E-state index contributed by atoms with van der Waals surface area (Å²) < 4.78 is 0.766. The van der Waals surface area contributed by atoms with Crippen LogP contribution in [0.15, 0.2) is 12.1 Å². The van der Waals surface area contributed by atoms with Crippen molar-refractivity contribution in [3.05, 3.63) is 16.5 Å². The van der Waals surface area contributed by atoms with Crippen LogP contribution in [0, 0.1) is 0 Å². The fraction of sp³-hybridized carbons (Fsp3) is 0.455. The number of aromatic amines is 1. The zero-order valence-electron chi connectivity index (χ0n) is 9.82. The van der Waals surface area contributed by atoms with Gasteiger partial charge in [-0.25, -0.2) is 0 Å². The number of rotatable bonds is 2. The van der Waals surface area contributed by atoms with Crippen LogP contribution in [0.25, 0.3) is 10.7 Å². The van der Waals surface area contributed by atoms with Crippen LogP contribution in [0.5, 0.6) is 0 Å². The van der Waals surface area contributed by atoms with E-state index in [4.69, 9.17) is 11.6 Å². The normalized spacial score (nSPS) is 16.8. The molecule has 3 heterocycles. The van der Waals surface area contributed by atoms with Crippen molar-refractivity contribution in [1.29, 1.82) is 0 Å². The van der Waals surface area contributed by atoms with E-state index in [1.54, 1.807) is 0 Å². The summed E-state index contributed by atoms with van der Waals surface area (Å²) in [4.78, 5) is 7.77. The highest BCUT2D eigenvalue weighted by molar-refractivity contribution is 7.19. The maximum atomic E-state index is 5.93. The minimum atomic E-state index is 0.766. The summed E-state index contributed by atoms with van der Waals surface area (Å²) in [5.41, 5.74) is 0. The Bertz CT molecular complexity index is 515. The third kappa shape index (κ3) is 2.50. The summed E-state index contributed by atoms with van der Waals surface area (Å²) in [6, 6.07) is 3.83. The van der Waals surface area contributed by atoms with Crippen LogP contribution in [0.1, 0.15) is 6.42 Å². The number of hydrogen-bond acceptors (Lipinski definition) is 5. The largest absolute Gasteiger partial charge is 0.338 e. The van der Waals surface area contributed by atoms with E-state index in [2.05, 4.69) is 25.4 Å². The van der Waals surface area contributed by atoms with Crippen molar-refractivity contribution in [3.63, 3.8) is 0 Å². The smallest absolute Gasteiger partial charge is 0.245 e. The molecule has 0 bridgehead atoms. The van der Waals surface area contributed by atoms with Gasteiger partial charge in [0.15, 0.2) is 5.82 Å². The summed E-state index contributed by atoms with van der Waals surface area (Å²) in [7, 11) is 0. The Hall–Kier alpha value is -1.11. The van der Waals surface area contributed by atoms with Crippen LogP contribution in [0.4, 0.5) is 5.95 Å². The second-order valence-corrected chi connectivity index (χ2v) is 5.89. The molecular formula is C11H14ClN5S. The van der Waals surface area contributed by atoms with Crippen molar-refractivity contribution < 1.29 is 0 Å². The van der Waals surface area contributed by atoms with Crippen LogP contribution in [0.2, 0.25) is 4.34 Å². The summed E-state index contributed by atoms with van der Waals surface area (Å²) in [6.45, 7) is 3.99. The molecule has 1 saturated heterocycles. The SMILES string of the molecule is Clc1ccc(-c2nc(N3CCCNCC3)n[nH]2)s1. The van der Waals surface area contributed by atoms with Crippen molar-refractivity contribution in [2.45, 2.75) is 6.42 Å². The third-order valence-electron chi connectivity index (χ3n) is 2.90. The Balaban J connectivity index is 1.80. The molecule has 2 N–H and O–H groups in total. The average molecular weight is 284 g/mol. The Kier molecular flexibility index (Phi) is 3.49. The topological polar surface area (TPSA) is 56.8 Å². The van der Waals surface area contributed by atoms with Gasteiger partial charge >= 0.3 is 0 Å². The third-order valence-corrected chi connectivity index (χ3v) is 4.14. The van der Waals surface area contributed by atoms with E-state index in [9.17, 15) is 0 Å². The fourth-order valence-corrected chi connectivity index (χ4v) is 2.97. The van der Waals surface area contributed by atoms with E-state index in [-0.39, 0.29) is 0 Å². The standard InChI is InChI=1S/C11H14ClN5S/c12-9-3-2-8(18-9)10-14-11(16-15-10)17-6-1-4-13-5-7-17/h2-3,13H,1,4-7H2,(H,14,15,16). The van der Waals surface area contributed by atoms with Crippen molar-refractivity contribution in [3.8, 4) is 10.7 Å². The summed E-state index contributed by atoms with van der Waals surface area (Å²) >= 11 is 7.43. The first-order chi connectivity index (χ1) is 8.83. The van der Waals surface area contributed by atoms with E-state index >= 15 is 0 Å². The highest BCUT2D eigenvalue weighted by Crippen LogP contribution is 2.29. The van der Waals surface area contributed by atoms with Crippen molar-refractivity contribution >= 4 is 28.9 Å².